The quantitative estimate of drug-likeness (QED) is 0.806. The molecule has 2 aromatic rings. The lowest BCUT2D eigenvalue weighted by Crippen LogP contribution is -2.13. The number of hydrogen-bond donors (Lipinski definition) is 2. The van der Waals surface area contributed by atoms with Gasteiger partial charge < -0.3 is 5.73 Å². The van der Waals surface area contributed by atoms with Gasteiger partial charge >= 0.3 is 0 Å². The molecule has 0 saturated heterocycles. The minimum absolute atomic E-state index is 0.0315. The molecule has 0 aliphatic heterocycles. The molecule has 8 heteroatoms. The summed E-state index contributed by atoms with van der Waals surface area (Å²) < 4.78 is 24.0. The maximum Gasteiger partial charge on any atom is 0.238 e. The summed E-state index contributed by atoms with van der Waals surface area (Å²) in [4.78, 5) is -0.0315. The highest BCUT2D eigenvalue weighted by Gasteiger charge is 2.13. The Bertz CT molecular complexity index is 689. The molecule has 0 aliphatic rings. The molecule has 0 radical (unpaired) electrons. The molecule has 0 saturated carbocycles. The summed E-state index contributed by atoms with van der Waals surface area (Å²) >= 11 is 5.89. The fraction of sp³-hybridized carbons (Fsp3) is 0.100. The third-order valence-electron chi connectivity index (χ3n) is 2.42. The molecule has 0 bridgehead atoms. The van der Waals surface area contributed by atoms with Gasteiger partial charge in [0.2, 0.25) is 10.0 Å². The van der Waals surface area contributed by atoms with E-state index in [4.69, 9.17) is 22.5 Å². The highest BCUT2D eigenvalue weighted by molar-refractivity contribution is 7.89. The van der Waals surface area contributed by atoms with Crippen LogP contribution in [-0.2, 0) is 10.0 Å². The highest BCUT2D eigenvalue weighted by Crippen LogP contribution is 2.23. The van der Waals surface area contributed by atoms with Crippen molar-refractivity contribution in [2.24, 2.45) is 5.14 Å². The number of nitrogens with two attached hydrogens (primary N) is 2. The van der Waals surface area contributed by atoms with Crippen molar-refractivity contribution in [3.8, 4) is 5.69 Å². The summed E-state index contributed by atoms with van der Waals surface area (Å²) in [7, 11) is -3.78. The van der Waals surface area contributed by atoms with Gasteiger partial charge in [0.05, 0.1) is 27.0 Å². The molecule has 0 amide bonds. The van der Waals surface area contributed by atoms with E-state index < -0.39 is 10.0 Å². The van der Waals surface area contributed by atoms with Gasteiger partial charge in [-0.15, -0.1) is 0 Å². The largest absolute Gasteiger partial charge is 0.397 e. The van der Waals surface area contributed by atoms with Gasteiger partial charge in [-0.2, -0.15) is 5.10 Å². The van der Waals surface area contributed by atoms with Crippen LogP contribution in [0.3, 0.4) is 0 Å². The molecule has 18 heavy (non-hydrogen) atoms. The van der Waals surface area contributed by atoms with Gasteiger partial charge in [-0.05, 0) is 25.1 Å². The van der Waals surface area contributed by atoms with Crippen molar-refractivity contribution in [3.63, 3.8) is 0 Å². The van der Waals surface area contributed by atoms with Crippen LogP contribution in [0, 0.1) is 6.92 Å². The van der Waals surface area contributed by atoms with Crippen LogP contribution < -0.4 is 10.9 Å². The summed E-state index contributed by atoms with van der Waals surface area (Å²) in [6.45, 7) is 1.73. The van der Waals surface area contributed by atoms with Gasteiger partial charge in [0, 0.05) is 6.20 Å². The molecule has 1 aromatic heterocycles. The predicted molar refractivity (Wildman–Crippen MR) is 69.1 cm³/mol. The summed E-state index contributed by atoms with van der Waals surface area (Å²) in [6.07, 6.45) is 1.55. The minimum Gasteiger partial charge on any atom is -0.397 e. The van der Waals surface area contributed by atoms with Gasteiger partial charge in [0.15, 0.2) is 0 Å². The Kier molecular flexibility index (Phi) is 3.05. The van der Waals surface area contributed by atoms with Crippen LogP contribution >= 0.6 is 11.6 Å². The minimum atomic E-state index is -3.78. The molecule has 2 rings (SSSR count). The molecule has 0 fully saturated rings. The number of primary sulfonamides is 1. The van der Waals surface area contributed by atoms with Crippen molar-refractivity contribution in [2.45, 2.75) is 11.8 Å². The molecule has 4 N–H and O–H groups in total. The van der Waals surface area contributed by atoms with E-state index in [-0.39, 0.29) is 4.90 Å². The van der Waals surface area contributed by atoms with Crippen molar-refractivity contribution in [2.75, 3.05) is 5.73 Å². The first kappa shape index (κ1) is 12.9. The summed E-state index contributed by atoms with van der Waals surface area (Å²) in [5.41, 5.74) is 7.20. The number of nitrogen functional groups attached to an aromatic ring is 1. The maximum atomic E-state index is 11.3. The Balaban J connectivity index is 2.64. The molecular weight excluding hydrogens is 276 g/mol. The van der Waals surface area contributed by atoms with Crippen LogP contribution in [0.4, 0.5) is 5.69 Å². The van der Waals surface area contributed by atoms with E-state index in [1.165, 1.54) is 22.9 Å². The number of anilines is 1. The van der Waals surface area contributed by atoms with Crippen molar-refractivity contribution < 1.29 is 8.42 Å². The first-order valence-electron chi connectivity index (χ1n) is 4.93. The first-order valence-corrected chi connectivity index (χ1v) is 6.86. The Labute approximate surface area is 109 Å². The lowest BCUT2D eigenvalue weighted by Gasteiger charge is -2.07. The second-order valence-corrected chi connectivity index (χ2v) is 5.74. The molecule has 1 aromatic carbocycles. The van der Waals surface area contributed by atoms with Crippen LogP contribution in [0.15, 0.2) is 29.3 Å². The topological polar surface area (TPSA) is 104 Å². The zero-order chi connectivity index (χ0) is 13.5. The van der Waals surface area contributed by atoms with E-state index in [0.717, 1.165) is 0 Å². The van der Waals surface area contributed by atoms with Gasteiger partial charge in [-0.3, -0.25) is 0 Å². The second kappa shape index (κ2) is 4.27. The monoisotopic (exact) mass is 286 g/mol. The smallest absolute Gasteiger partial charge is 0.238 e. The number of hydrogen-bond acceptors (Lipinski definition) is 4. The maximum absolute atomic E-state index is 11.3. The van der Waals surface area contributed by atoms with E-state index in [1.807, 2.05) is 0 Å². The van der Waals surface area contributed by atoms with E-state index in [2.05, 4.69) is 5.10 Å². The van der Waals surface area contributed by atoms with Crippen LogP contribution in [0.1, 0.15) is 5.69 Å². The lowest BCUT2D eigenvalue weighted by molar-refractivity contribution is 0.597. The van der Waals surface area contributed by atoms with Crippen LogP contribution in [0.25, 0.3) is 5.69 Å². The fourth-order valence-electron chi connectivity index (χ4n) is 1.46. The highest BCUT2D eigenvalue weighted by atomic mass is 35.5. The molecule has 0 spiro atoms. The van der Waals surface area contributed by atoms with Crippen molar-refractivity contribution in [1.29, 1.82) is 0 Å². The zero-order valence-corrected chi connectivity index (χ0v) is 11.0. The first-order chi connectivity index (χ1) is 8.29. The molecule has 96 valence electrons. The Hall–Kier alpha value is -1.57. The third kappa shape index (κ3) is 2.33. The predicted octanol–water partition coefficient (Wildman–Crippen LogP) is 1.06. The number of halogens is 1. The standard InChI is InChI=1S/C10H11ClN4O2S/c1-6-8(11)5-15(14-6)10-4-7(18(13,16)17)2-3-9(10)12/h2-5H,12H2,1H3,(H2,13,16,17). The SMILES string of the molecule is Cc1nn(-c2cc(S(N)(=O)=O)ccc2N)cc1Cl. The Morgan fingerprint density at radius 1 is 1.39 bits per heavy atom. The average molecular weight is 287 g/mol. The fourth-order valence-corrected chi connectivity index (χ4v) is 2.13. The van der Waals surface area contributed by atoms with Crippen molar-refractivity contribution >= 4 is 27.3 Å². The average Bonchev–Trinajstić information content (AvgIpc) is 2.58. The number of benzene rings is 1. The van der Waals surface area contributed by atoms with Gasteiger partial charge in [-0.1, -0.05) is 11.6 Å². The summed E-state index contributed by atoms with van der Waals surface area (Å²) in [6, 6.07) is 4.15. The number of sulfonamides is 1. The molecule has 0 aliphatic carbocycles. The Morgan fingerprint density at radius 3 is 2.56 bits per heavy atom. The van der Waals surface area contributed by atoms with Gasteiger partial charge in [-0.25, -0.2) is 18.2 Å². The van der Waals surface area contributed by atoms with E-state index in [1.54, 1.807) is 13.1 Å². The lowest BCUT2D eigenvalue weighted by atomic mass is 10.3. The number of rotatable bonds is 2. The van der Waals surface area contributed by atoms with Gasteiger partial charge in [0.1, 0.15) is 0 Å². The van der Waals surface area contributed by atoms with E-state index in [0.29, 0.717) is 22.1 Å². The van der Waals surface area contributed by atoms with E-state index >= 15 is 0 Å². The van der Waals surface area contributed by atoms with Crippen molar-refractivity contribution in [1.82, 2.24) is 9.78 Å². The second-order valence-electron chi connectivity index (χ2n) is 3.77. The summed E-state index contributed by atoms with van der Waals surface area (Å²) in [5, 5.41) is 9.67. The normalized spacial score (nSPS) is 11.7. The van der Waals surface area contributed by atoms with Gasteiger partial charge in [0.25, 0.3) is 0 Å². The van der Waals surface area contributed by atoms with Crippen molar-refractivity contribution in [3.05, 3.63) is 35.1 Å². The zero-order valence-electron chi connectivity index (χ0n) is 9.46. The van der Waals surface area contributed by atoms with Crippen LogP contribution in [-0.4, -0.2) is 18.2 Å². The number of aromatic nitrogens is 2. The van der Waals surface area contributed by atoms with E-state index in [9.17, 15) is 8.42 Å². The molecule has 6 nitrogen and oxygen atoms in total. The molecular formula is C10H11ClN4O2S. The van der Waals surface area contributed by atoms with Crippen LogP contribution in [0.5, 0.6) is 0 Å². The third-order valence-corrected chi connectivity index (χ3v) is 3.70. The summed E-state index contributed by atoms with van der Waals surface area (Å²) in [5.74, 6) is 0. The molecule has 1 heterocycles. The Morgan fingerprint density at radius 2 is 2.06 bits per heavy atom. The molecule has 0 unspecified atom stereocenters. The number of nitrogens with zero attached hydrogens (tertiary/aromatic N) is 2. The number of aryl methyl sites for hydroxylation is 1. The molecule has 0 atom stereocenters. The van der Waals surface area contributed by atoms with Crippen LogP contribution in [0.2, 0.25) is 5.02 Å².